The number of fused-ring (bicyclic) bond motifs is 1. The summed E-state index contributed by atoms with van der Waals surface area (Å²) in [5, 5.41) is 6.10. The van der Waals surface area contributed by atoms with E-state index in [1.54, 1.807) is 13.2 Å². The highest BCUT2D eigenvalue weighted by molar-refractivity contribution is 5.98. The van der Waals surface area contributed by atoms with Crippen LogP contribution in [-0.2, 0) is 9.47 Å². The molecule has 1 aliphatic rings. The lowest BCUT2D eigenvalue weighted by Crippen LogP contribution is -2.27. The number of methoxy groups -OCH3 is 1. The van der Waals surface area contributed by atoms with Crippen LogP contribution >= 0.6 is 0 Å². The van der Waals surface area contributed by atoms with E-state index < -0.39 is 0 Å². The van der Waals surface area contributed by atoms with Crippen LogP contribution in [0.15, 0.2) is 18.2 Å². The summed E-state index contributed by atoms with van der Waals surface area (Å²) in [7, 11) is 1.64. The van der Waals surface area contributed by atoms with E-state index in [0.29, 0.717) is 44.3 Å². The maximum absolute atomic E-state index is 12.2. The van der Waals surface area contributed by atoms with Gasteiger partial charge < -0.3 is 24.8 Å². The summed E-state index contributed by atoms with van der Waals surface area (Å²) in [6, 6.07) is 5.54. The molecule has 1 aliphatic heterocycles. The van der Waals surface area contributed by atoms with Crippen molar-refractivity contribution in [1.29, 1.82) is 0 Å². The lowest BCUT2D eigenvalue weighted by Gasteiger charge is -2.21. The molecular weight excluding hydrogens is 272 g/mol. The number of rotatable bonds is 8. The van der Waals surface area contributed by atoms with Crippen LogP contribution in [0.25, 0.3) is 0 Å². The van der Waals surface area contributed by atoms with Gasteiger partial charge in [0.25, 0.3) is 5.91 Å². The number of benzene rings is 1. The highest BCUT2D eigenvalue weighted by Crippen LogP contribution is 2.30. The first-order valence-corrected chi connectivity index (χ1v) is 7.17. The molecule has 2 N–H and O–H groups in total. The zero-order valence-electron chi connectivity index (χ0n) is 12.3. The number of ether oxygens (including phenoxy) is 3. The number of nitrogens with one attached hydrogen (secondary N) is 2. The molecule has 0 atom stereocenters. The average molecular weight is 294 g/mol. The standard InChI is InChI=1S/C15H22N2O4/c1-19-10-11-20-8-3-6-17-15(18)12-4-2-5-13-14(12)21-9-7-16-13/h2,4-5,16H,3,6-11H2,1H3,(H,17,18). The monoisotopic (exact) mass is 294 g/mol. The lowest BCUT2D eigenvalue weighted by molar-refractivity contribution is 0.0688. The Morgan fingerprint density at radius 2 is 2.29 bits per heavy atom. The number of para-hydroxylation sites is 1. The van der Waals surface area contributed by atoms with Crippen molar-refractivity contribution in [2.75, 3.05) is 51.9 Å². The summed E-state index contributed by atoms with van der Waals surface area (Å²) < 4.78 is 15.8. The van der Waals surface area contributed by atoms with E-state index in [2.05, 4.69) is 10.6 Å². The molecule has 0 unspecified atom stereocenters. The third-order valence-corrected chi connectivity index (χ3v) is 3.11. The molecule has 2 rings (SSSR count). The molecule has 0 aromatic heterocycles. The van der Waals surface area contributed by atoms with Crippen molar-refractivity contribution in [3.63, 3.8) is 0 Å². The van der Waals surface area contributed by atoms with Gasteiger partial charge in [0.1, 0.15) is 6.61 Å². The summed E-state index contributed by atoms with van der Waals surface area (Å²) in [6.07, 6.45) is 0.767. The second-order valence-corrected chi connectivity index (χ2v) is 4.67. The van der Waals surface area contributed by atoms with Gasteiger partial charge in [-0.2, -0.15) is 0 Å². The Hall–Kier alpha value is -1.79. The molecular formula is C15H22N2O4. The SMILES string of the molecule is COCCOCCCNC(=O)c1cccc2c1OCCN2. The molecule has 116 valence electrons. The lowest BCUT2D eigenvalue weighted by atomic mass is 10.1. The Labute approximate surface area is 124 Å². The van der Waals surface area contributed by atoms with Gasteiger partial charge in [0.05, 0.1) is 24.5 Å². The topological polar surface area (TPSA) is 68.8 Å². The molecule has 6 nitrogen and oxygen atoms in total. The molecule has 1 heterocycles. The molecule has 0 bridgehead atoms. The minimum atomic E-state index is -0.118. The second-order valence-electron chi connectivity index (χ2n) is 4.67. The van der Waals surface area contributed by atoms with Crippen molar-refractivity contribution < 1.29 is 19.0 Å². The molecule has 1 aromatic rings. The van der Waals surface area contributed by atoms with Gasteiger partial charge in [-0.3, -0.25) is 4.79 Å². The summed E-state index contributed by atoms with van der Waals surface area (Å²) in [5.74, 6) is 0.519. The third-order valence-electron chi connectivity index (χ3n) is 3.11. The number of carbonyl (C=O) groups excluding carboxylic acids is 1. The summed E-state index contributed by atoms with van der Waals surface area (Å²) in [5.41, 5.74) is 1.44. The predicted molar refractivity (Wildman–Crippen MR) is 80.1 cm³/mol. The Kier molecular flexibility index (Phi) is 6.30. The number of hydrogen-bond acceptors (Lipinski definition) is 5. The van der Waals surface area contributed by atoms with Crippen molar-refractivity contribution in [1.82, 2.24) is 5.32 Å². The van der Waals surface area contributed by atoms with Gasteiger partial charge in [0.2, 0.25) is 0 Å². The van der Waals surface area contributed by atoms with Crippen molar-refractivity contribution >= 4 is 11.6 Å². The van der Waals surface area contributed by atoms with Gasteiger partial charge in [-0.25, -0.2) is 0 Å². The van der Waals surface area contributed by atoms with Crippen LogP contribution in [0.3, 0.4) is 0 Å². The molecule has 0 fully saturated rings. The van der Waals surface area contributed by atoms with Crippen molar-refractivity contribution in [3.05, 3.63) is 23.8 Å². The molecule has 1 amide bonds. The fourth-order valence-corrected chi connectivity index (χ4v) is 2.07. The number of carbonyl (C=O) groups is 1. The van der Waals surface area contributed by atoms with E-state index in [4.69, 9.17) is 14.2 Å². The van der Waals surface area contributed by atoms with Crippen LogP contribution in [0.2, 0.25) is 0 Å². The fraction of sp³-hybridized carbons (Fsp3) is 0.533. The highest BCUT2D eigenvalue weighted by Gasteiger charge is 2.18. The van der Waals surface area contributed by atoms with Crippen LogP contribution in [0.1, 0.15) is 16.8 Å². The van der Waals surface area contributed by atoms with Crippen LogP contribution in [0.4, 0.5) is 5.69 Å². The summed E-state index contributed by atoms with van der Waals surface area (Å²) in [4.78, 5) is 12.2. The van der Waals surface area contributed by atoms with E-state index in [0.717, 1.165) is 18.7 Å². The molecule has 0 saturated carbocycles. The molecule has 21 heavy (non-hydrogen) atoms. The van der Waals surface area contributed by atoms with Crippen molar-refractivity contribution in [3.8, 4) is 5.75 Å². The Morgan fingerprint density at radius 1 is 1.38 bits per heavy atom. The van der Waals surface area contributed by atoms with E-state index >= 15 is 0 Å². The Morgan fingerprint density at radius 3 is 3.14 bits per heavy atom. The van der Waals surface area contributed by atoms with Crippen LogP contribution in [-0.4, -0.2) is 52.5 Å². The minimum absolute atomic E-state index is 0.118. The minimum Gasteiger partial charge on any atom is -0.489 e. The molecule has 0 spiro atoms. The van der Waals surface area contributed by atoms with Gasteiger partial charge in [-0.15, -0.1) is 0 Å². The van der Waals surface area contributed by atoms with Gasteiger partial charge in [0.15, 0.2) is 5.75 Å². The molecule has 6 heteroatoms. The maximum atomic E-state index is 12.2. The van der Waals surface area contributed by atoms with Crippen molar-refractivity contribution in [2.24, 2.45) is 0 Å². The fourth-order valence-electron chi connectivity index (χ4n) is 2.07. The smallest absolute Gasteiger partial charge is 0.255 e. The number of anilines is 1. The van der Waals surface area contributed by atoms with E-state index in [1.807, 2.05) is 12.1 Å². The zero-order chi connectivity index (χ0) is 14.9. The summed E-state index contributed by atoms with van der Waals surface area (Å²) >= 11 is 0. The average Bonchev–Trinajstić information content (AvgIpc) is 2.53. The van der Waals surface area contributed by atoms with Gasteiger partial charge in [-0.05, 0) is 18.6 Å². The van der Waals surface area contributed by atoms with Gasteiger partial charge in [-0.1, -0.05) is 6.07 Å². The van der Waals surface area contributed by atoms with Gasteiger partial charge >= 0.3 is 0 Å². The maximum Gasteiger partial charge on any atom is 0.255 e. The van der Waals surface area contributed by atoms with E-state index in [-0.39, 0.29) is 5.91 Å². The van der Waals surface area contributed by atoms with E-state index in [1.165, 1.54) is 0 Å². The first kappa shape index (κ1) is 15.6. The molecule has 1 aromatic carbocycles. The predicted octanol–water partition coefficient (Wildman–Crippen LogP) is 1.27. The Balaban J connectivity index is 1.76. The molecule has 0 radical (unpaired) electrons. The first-order valence-electron chi connectivity index (χ1n) is 7.17. The zero-order valence-corrected chi connectivity index (χ0v) is 12.3. The first-order chi connectivity index (χ1) is 10.3. The van der Waals surface area contributed by atoms with Crippen molar-refractivity contribution in [2.45, 2.75) is 6.42 Å². The Bertz CT molecular complexity index is 465. The van der Waals surface area contributed by atoms with Crippen LogP contribution in [0.5, 0.6) is 5.75 Å². The van der Waals surface area contributed by atoms with Gasteiger partial charge in [0, 0.05) is 26.8 Å². The summed E-state index contributed by atoms with van der Waals surface area (Å²) in [6.45, 7) is 3.68. The quantitative estimate of drug-likeness (QED) is 0.707. The van der Waals surface area contributed by atoms with E-state index in [9.17, 15) is 4.79 Å². The normalized spacial score (nSPS) is 13.0. The highest BCUT2D eigenvalue weighted by atomic mass is 16.5. The number of amides is 1. The second kappa shape index (κ2) is 8.49. The largest absolute Gasteiger partial charge is 0.489 e. The molecule has 0 aliphatic carbocycles. The van der Waals surface area contributed by atoms with Crippen LogP contribution in [0, 0.1) is 0 Å². The number of hydrogen-bond donors (Lipinski definition) is 2. The van der Waals surface area contributed by atoms with Crippen LogP contribution < -0.4 is 15.4 Å². The third kappa shape index (κ3) is 4.61. The molecule has 0 saturated heterocycles.